The maximum Gasteiger partial charge on any atom is 0.472 e. The minimum absolute atomic E-state index is 0.106. The molecule has 486 valence electrons. The van der Waals surface area contributed by atoms with Crippen molar-refractivity contribution in [2.24, 2.45) is 5.92 Å². The monoisotopic (exact) mass is 1210 g/mol. The molecule has 0 aliphatic rings. The Morgan fingerprint density at radius 3 is 0.829 bits per heavy atom. The summed E-state index contributed by atoms with van der Waals surface area (Å²) >= 11 is 0. The molecule has 3 N–H and O–H groups in total. The molecule has 0 aromatic heterocycles. The second kappa shape index (κ2) is 56.8. The van der Waals surface area contributed by atoms with E-state index in [0.717, 1.165) is 96.3 Å². The van der Waals surface area contributed by atoms with Crippen molar-refractivity contribution in [3.63, 3.8) is 0 Å². The second-order valence-electron chi connectivity index (χ2n) is 23.3. The van der Waals surface area contributed by atoms with Crippen molar-refractivity contribution in [1.29, 1.82) is 0 Å². The Morgan fingerprint density at radius 1 is 0.329 bits per heavy atom. The van der Waals surface area contributed by atoms with Crippen molar-refractivity contribution in [3.05, 3.63) is 0 Å². The molecule has 0 aromatic rings. The van der Waals surface area contributed by atoms with Gasteiger partial charge in [0.15, 0.2) is 12.2 Å². The normalized spacial score (nSPS) is 14.3. The average Bonchev–Trinajstić information content (AvgIpc) is 3.46. The van der Waals surface area contributed by atoms with Crippen molar-refractivity contribution >= 4 is 39.5 Å². The van der Waals surface area contributed by atoms with Gasteiger partial charge >= 0.3 is 39.5 Å². The summed E-state index contributed by atoms with van der Waals surface area (Å²) in [5.41, 5.74) is 0. The van der Waals surface area contributed by atoms with Crippen LogP contribution in [-0.2, 0) is 65.4 Å². The maximum absolute atomic E-state index is 13.0. The summed E-state index contributed by atoms with van der Waals surface area (Å²) in [7, 11) is -9.88. The van der Waals surface area contributed by atoms with Gasteiger partial charge in [-0.2, -0.15) is 0 Å². The summed E-state index contributed by atoms with van der Waals surface area (Å²) in [5.74, 6) is -1.46. The summed E-state index contributed by atoms with van der Waals surface area (Å²) < 4.78 is 67.9. The first-order chi connectivity index (χ1) is 39.5. The number of hydrogen-bond donors (Lipinski definition) is 3. The first-order valence-corrected chi connectivity index (χ1v) is 36.1. The molecule has 19 heteroatoms. The molecule has 2 unspecified atom stereocenters. The topological polar surface area (TPSA) is 237 Å². The van der Waals surface area contributed by atoms with Crippen LogP contribution in [-0.4, -0.2) is 96.7 Å². The van der Waals surface area contributed by atoms with Gasteiger partial charge in [-0.25, -0.2) is 9.13 Å². The van der Waals surface area contributed by atoms with Crippen LogP contribution in [0.1, 0.15) is 317 Å². The Balaban J connectivity index is 5.20. The van der Waals surface area contributed by atoms with Gasteiger partial charge in [0, 0.05) is 25.7 Å². The number of esters is 4. The van der Waals surface area contributed by atoms with Crippen molar-refractivity contribution in [3.8, 4) is 0 Å². The lowest BCUT2D eigenvalue weighted by molar-refractivity contribution is -0.161. The molecule has 0 heterocycles. The molecule has 0 fully saturated rings. The third-order valence-corrected chi connectivity index (χ3v) is 16.4. The molecule has 0 aliphatic heterocycles. The van der Waals surface area contributed by atoms with Crippen LogP contribution in [0, 0.1) is 5.92 Å². The molecule has 17 nitrogen and oxygen atoms in total. The first kappa shape index (κ1) is 80.1. The molecular weight excluding hydrogens is 1090 g/mol. The highest BCUT2D eigenvalue weighted by molar-refractivity contribution is 7.47. The second-order valence-corrected chi connectivity index (χ2v) is 26.2. The van der Waals surface area contributed by atoms with Gasteiger partial charge in [-0.1, -0.05) is 266 Å². The predicted molar refractivity (Wildman–Crippen MR) is 326 cm³/mol. The number of aliphatic hydroxyl groups excluding tert-OH is 1. The van der Waals surface area contributed by atoms with Crippen LogP contribution in [0.2, 0.25) is 0 Å². The van der Waals surface area contributed by atoms with E-state index in [0.29, 0.717) is 31.6 Å². The number of phosphoric ester groups is 2. The summed E-state index contributed by atoms with van der Waals surface area (Å²) in [6.07, 6.45) is 40.4. The van der Waals surface area contributed by atoms with Gasteiger partial charge in [0.05, 0.1) is 26.4 Å². The van der Waals surface area contributed by atoms with Crippen molar-refractivity contribution in [1.82, 2.24) is 0 Å². The molecule has 82 heavy (non-hydrogen) atoms. The fraction of sp³-hybridized carbons (Fsp3) is 0.937. The third-order valence-electron chi connectivity index (χ3n) is 14.5. The number of phosphoric acid groups is 2. The van der Waals surface area contributed by atoms with Crippen LogP contribution >= 0.6 is 15.6 Å². The zero-order valence-electron chi connectivity index (χ0n) is 52.6. The summed E-state index contributed by atoms with van der Waals surface area (Å²) in [4.78, 5) is 72.0. The Kier molecular flexibility index (Phi) is 55.5. The van der Waals surface area contributed by atoms with Crippen LogP contribution in [0.25, 0.3) is 0 Å². The number of carbonyl (C=O) groups is 4. The fourth-order valence-corrected chi connectivity index (χ4v) is 11.0. The molecule has 0 saturated carbocycles. The largest absolute Gasteiger partial charge is 0.472 e. The predicted octanol–water partition coefficient (Wildman–Crippen LogP) is 17.4. The van der Waals surface area contributed by atoms with Gasteiger partial charge in [-0.3, -0.25) is 37.3 Å². The van der Waals surface area contributed by atoms with Crippen molar-refractivity contribution < 1.29 is 80.2 Å². The van der Waals surface area contributed by atoms with E-state index in [-0.39, 0.29) is 25.7 Å². The van der Waals surface area contributed by atoms with Crippen LogP contribution in [0.5, 0.6) is 0 Å². The summed E-state index contributed by atoms with van der Waals surface area (Å²) in [5, 5.41) is 10.5. The minimum Gasteiger partial charge on any atom is -0.462 e. The van der Waals surface area contributed by atoms with Gasteiger partial charge < -0.3 is 33.8 Å². The summed E-state index contributed by atoms with van der Waals surface area (Å²) in [6.45, 7) is 7.08. The minimum atomic E-state index is -4.94. The zero-order chi connectivity index (χ0) is 60.6. The molecule has 0 bridgehead atoms. The molecule has 0 amide bonds. The lowest BCUT2D eigenvalue weighted by Crippen LogP contribution is -2.30. The Bertz CT molecular complexity index is 1600. The van der Waals surface area contributed by atoms with E-state index in [2.05, 4.69) is 34.6 Å². The SMILES string of the molecule is CCCCCCCCCCCCCCCCCC(=O)O[C@H](COC(=O)CCCCCCCCC(C)C)COP(=O)(O)OC[C@@H](O)COP(=O)(O)OC[C@@H](COC(=O)CCCCCCCCCCC)OC(=O)CCCCCCCCCCC. The van der Waals surface area contributed by atoms with E-state index in [1.807, 2.05) is 0 Å². The smallest absolute Gasteiger partial charge is 0.462 e. The Hall–Kier alpha value is -1.94. The quantitative estimate of drug-likeness (QED) is 0.0222. The van der Waals surface area contributed by atoms with Gasteiger partial charge in [0.1, 0.15) is 19.3 Å². The first-order valence-electron chi connectivity index (χ1n) is 33.1. The highest BCUT2D eigenvalue weighted by atomic mass is 31.2. The van der Waals surface area contributed by atoms with Gasteiger partial charge in [-0.05, 0) is 31.6 Å². The molecule has 5 atom stereocenters. The molecular formula is C63H122O17P2. The van der Waals surface area contributed by atoms with E-state index < -0.39 is 97.5 Å². The van der Waals surface area contributed by atoms with Gasteiger partial charge in [-0.15, -0.1) is 0 Å². The van der Waals surface area contributed by atoms with Crippen LogP contribution in [0.15, 0.2) is 0 Å². The van der Waals surface area contributed by atoms with Gasteiger partial charge in [0.2, 0.25) is 0 Å². The van der Waals surface area contributed by atoms with E-state index in [9.17, 15) is 43.2 Å². The molecule has 0 radical (unpaired) electrons. The van der Waals surface area contributed by atoms with Crippen LogP contribution in [0.3, 0.4) is 0 Å². The molecule has 0 rings (SSSR count). The Labute approximate surface area is 498 Å². The van der Waals surface area contributed by atoms with E-state index in [4.69, 9.17) is 37.0 Å². The van der Waals surface area contributed by atoms with Crippen molar-refractivity contribution in [2.75, 3.05) is 39.6 Å². The fourth-order valence-electron chi connectivity index (χ4n) is 9.41. The third kappa shape index (κ3) is 57.2. The lowest BCUT2D eigenvalue weighted by Gasteiger charge is -2.21. The number of carbonyl (C=O) groups excluding carboxylic acids is 4. The van der Waals surface area contributed by atoms with Crippen molar-refractivity contribution in [2.45, 2.75) is 335 Å². The van der Waals surface area contributed by atoms with Crippen LogP contribution in [0.4, 0.5) is 0 Å². The number of aliphatic hydroxyl groups is 1. The number of ether oxygens (including phenoxy) is 4. The highest BCUT2D eigenvalue weighted by Gasteiger charge is 2.30. The zero-order valence-corrected chi connectivity index (χ0v) is 54.4. The maximum atomic E-state index is 13.0. The number of hydrogen-bond acceptors (Lipinski definition) is 15. The number of rotatable bonds is 63. The van der Waals surface area contributed by atoms with Crippen LogP contribution < -0.4 is 0 Å². The standard InChI is InChI=1S/C63H122O17P2/c1-6-9-12-15-18-21-22-23-24-25-26-29-32-39-44-49-63(68)80-59(53-74-61(66)47-42-37-34-33-35-40-45-56(4)5)55-78-82(71,72)76-51-57(64)50-75-81(69,70)77-54-58(79-62(67)48-43-38-31-28-20-17-14-11-8-3)52-73-60(65)46-41-36-30-27-19-16-13-10-7-2/h56-59,64H,6-55H2,1-5H3,(H,69,70)(H,71,72)/t57-,58+,59+/m0/s1. The van der Waals surface area contributed by atoms with Gasteiger partial charge in [0.25, 0.3) is 0 Å². The lowest BCUT2D eigenvalue weighted by atomic mass is 10.0. The highest BCUT2D eigenvalue weighted by Crippen LogP contribution is 2.45. The molecule has 0 aliphatic carbocycles. The summed E-state index contributed by atoms with van der Waals surface area (Å²) in [6, 6.07) is 0. The number of unbranched alkanes of at least 4 members (excludes halogenated alkanes) is 35. The Morgan fingerprint density at radius 2 is 0.561 bits per heavy atom. The molecule has 0 saturated heterocycles. The van der Waals surface area contributed by atoms with E-state index >= 15 is 0 Å². The van der Waals surface area contributed by atoms with E-state index in [1.165, 1.54) is 135 Å². The molecule has 0 aromatic carbocycles. The van der Waals surface area contributed by atoms with E-state index in [1.54, 1.807) is 0 Å². The molecule has 0 spiro atoms. The average molecular weight is 1210 g/mol.